The zero-order valence-corrected chi connectivity index (χ0v) is 9.87. The van der Waals surface area contributed by atoms with Crippen LogP contribution in [-0.4, -0.2) is 37.5 Å². The van der Waals surface area contributed by atoms with E-state index in [9.17, 15) is 4.79 Å². The number of carboxylic acids is 2. The normalized spacial score (nSPS) is 8.94. The average molecular weight is 254 g/mol. The highest BCUT2D eigenvalue weighted by molar-refractivity contribution is 6.27. The highest BCUT2D eigenvalue weighted by Crippen LogP contribution is 1.98. The lowest BCUT2D eigenvalue weighted by atomic mass is 10.2. The SMILES string of the molecule is C=C(C)C(=O)CCn1ccnc1.O=C(O)C(=O)O. The van der Waals surface area contributed by atoms with Gasteiger partial charge in [0.1, 0.15) is 0 Å². The zero-order valence-electron chi connectivity index (χ0n) is 9.87. The van der Waals surface area contributed by atoms with Crippen molar-refractivity contribution >= 4 is 17.7 Å². The molecule has 0 fully saturated rings. The molecule has 0 atom stereocenters. The second-order valence-electron chi connectivity index (χ2n) is 3.36. The molecule has 0 amide bonds. The number of hydrogen-bond donors (Lipinski definition) is 2. The summed E-state index contributed by atoms with van der Waals surface area (Å²) in [5.41, 5.74) is 0.620. The summed E-state index contributed by atoms with van der Waals surface area (Å²) in [6.07, 6.45) is 5.74. The summed E-state index contributed by atoms with van der Waals surface area (Å²) in [6.45, 7) is 6.00. The number of ketones is 1. The van der Waals surface area contributed by atoms with Crippen LogP contribution in [0.5, 0.6) is 0 Å². The monoisotopic (exact) mass is 254 g/mol. The first-order valence-electron chi connectivity index (χ1n) is 4.95. The van der Waals surface area contributed by atoms with Crippen molar-refractivity contribution in [2.75, 3.05) is 0 Å². The number of carbonyl (C=O) groups excluding carboxylic acids is 1. The van der Waals surface area contributed by atoms with Crippen LogP contribution < -0.4 is 0 Å². The van der Waals surface area contributed by atoms with Crippen molar-refractivity contribution in [2.24, 2.45) is 0 Å². The van der Waals surface area contributed by atoms with Crippen LogP contribution in [0.4, 0.5) is 0 Å². The van der Waals surface area contributed by atoms with Gasteiger partial charge in [-0.2, -0.15) is 0 Å². The highest BCUT2D eigenvalue weighted by atomic mass is 16.4. The first-order valence-corrected chi connectivity index (χ1v) is 4.95. The summed E-state index contributed by atoms with van der Waals surface area (Å²) in [5.74, 6) is -3.53. The third kappa shape index (κ3) is 6.94. The van der Waals surface area contributed by atoms with Crippen LogP contribution in [0.15, 0.2) is 30.9 Å². The third-order valence-corrected chi connectivity index (χ3v) is 1.82. The molecule has 0 aromatic carbocycles. The van der Waals surface area contributed by atoms with Crippen LogP contribution in [0.2, 0.25) is 0 Å². The summed E-state index contributed by atoms with van der Waals surface area (Å²) < 4.78 is 1.88. The van der Waals surface area contributed by atoms with E-state index in [1.54, 1.807) is 19.4 Å². The molecule has 18 heavy (non-hydrogen) atoms. The Bertz CT molecular complexity index is 424. The van der Waals surface area contributed by atoms with Crippen molar-refractivity contribution in [3.8, 4) is 0 Å². The van der Waals surface area contributed by atoms with Gasteiger partial charge in [0.2, 0.25) is 0 Å². The summed E-state index contributed by atoms with van der Waals surface area (Å²) in [7, 11) is 0. The minimum absolute atomic E-state index is 0.115. The lowest BCUT2D eigenvalue weighted by Crippen LogP contribution is -2.09. The Morgan fingerprint density at radius 3 is 2.17 bits per heavy atom. The van der Waals surface area contributed by atoms with Gasteiger partial charge in [-0.3, -0.25) is 4.79 Å². The minimum Gasteiger partial charge on any atom is -0.473 e. The number of carboxylic acid groups (broad SMARTS) is 2. The van der Waals surface area contributed by atoms with Gasteiger partial charge in [0.15, 0.2) is 5.78 Å². The van der Waals surface area contributed by atoms with Gasteiger partial charge in [0.05, 0.1) is 6.33 Å². The number of nitrogens with zero attached hydrogens (tertiary/aromatic N) is 2. The Kier molecular flexibility index (Phi) is 6.72. The summed E-state index contributed by atoms with van der Waals surface area (Å²) in [4.78, 5) is 33.2. The molecule has 7 nitrogen and oxygen atoms in total. The maximum Gasteiger partial charge on any atom is 0.414 e. The van der Waals surface area contributed by atoms with Crippen molar-refractivity contribution in [1.29, 1.82) is 0 Å². The largest absolute Gasteiger partial charge is 0.473 e. The van der Waals surface area contributed by atoms with Crippen molar-refractivity contribution in [2.45, 2.75) is 19.9 Å². The molecule has 0 unspecified atom stereocenters. The van der Waals surface area contributed by atoms with Gasteiger partial charge in [-0.15, -0.1) is 0 Å². The molecule has 0 aliphatic heterocycles. The molecule has 0 radical (unpaired) electrons. The van der Waals surface area contributed by atoms with Gasteiger partial charge in [0.25, 0.3) is 0 Å². The van der Waals surface area contributed by atoms with Crippen LogP contribution >= 0.6 is 0 Å². The molecule has 0 aliphatic carbocycles. The number of Topliss-reactive ketones (excluding diaryl/α,β-unsaturated/α-hetero) is 1. The van der Waals surface area contributed by atoms with E-state index in [2.05, 4.69) is 11.6 Å². The lowest BCUT2D eigenvalue weighted by molar-refractivity contribution is -0.159. The van der Waals surface area contributed by atoms with Gasteiger partial charge in [-0.05, 0) is 12.5 Å². The Balaban J connectivity index is 0.000000411. The van der Waals surface area contributed by atoms with E-state index >= 15 is 0 Å². The van der Waals surface area contributed by atoms with E-state index < -0.39 is 11.9 Å². The molecule has 7 heteroatoms. The fourth-order valence-corrected chi connectivity index (χ4v) is 0.863. The fraction of sp³-hybridized carbons (Fsp3) is 0.273. The number of aliphatic carboxylic acids is 2. The number of allylic oxidation sites excluding steroid dienone is 1. The van der Waals surface area contributed by atoms with E-state index in [-0.39, 0.29) is 5.78 Å². The van der Waals surface area contributed by atoms with Crippen molar-refractivity contribution in [3.63, 3.8) is 0 Å². The van der Waals surface area contributed by atoms with Crippen molar-refractivity contribution in [1.82, 2.24) is 9.55 Å². The van der Waals surface area contributed by atoms with Crippen LogP contribution in [0, 0.1) is 0 Å². The van der Waals surface area contributed by atoms with Gasteiger partial charge >= 0.3 is 11.9 Å². The molecule has 0 spiro atoms. The predicted octanol–water partition coefficient (Wildman–Crippen LogP) is 0.574. The molecule has 1 aromatic rings. The maximum absolute atomic E-state index is 11.1. The fourth-order valence-electron chi connectivity index (χ4n) is 0.863. The highest BCUT2D eigenvalue weighted by Gasteiger charge is 2.04. The Morgan fingerprint density at radius 1 is 1.28 bits per heavy atom. The van der Waals surface area contributed by atoms with Crippen LogP contribution in [-0.2, 0) is 20.9 Å². The van der Waals surface area contributed by atoms with Gasteiger partial charge in [-0.1, -0.05) is 6.58 Å². The average Bonchev–Trinajstić information content (AvgIpc) is 2.79. The molecule has 0 bridgehead atoms. The Morgan fingerprint density at radius 2 is 1.83 bits per heavy atom. The smallest absolute Gasteiger partial charge is 0.414 e. The molecular formula is C11H14N2O5. The summed E-state index contributed by atoms with van der Waals surface area (Å²) in [6, 6.07) is 0. The second-order valence-corrected chi connectivity index (χ2v) is 3.36. The second kappa shape index (κ2) is 7.77. The third-order valence-electron chi connectivity index (χ3n) is 1.82. The van der Waals surface area contributed by atoms with Crippen LogP contribution in [0.25, 0.3) is 0 Å². The van der Waals surface area contributed by atoms with Gasteiger partial charge in [-0.25, -0.2) is 14.6 Å². The molecule has 1 rings (SSSR count). The Hall–Kier alpha value is -2.44. The molecule has 0 saturated heterocycles. The Labute approximate surface area is 103 Å². The topological polar surface area (TPSA) is 109 Å². The number of imidazole rings is 1. The standard InChI is InChI=1S/C9H12N2O.C2H2O4/c1-8(2)9(12)3-5-11-6-4-10-7-11;3-1(4)2(5)6/h4,6-7H,1,3,5H2,2H3;(H,3,4)(H,5,6). The van der Waals surface area contributed by atoms with Crippen molar-refractivity contribution in [3.05, 3.63) is 30.9 Å². The van der Waals surface area contributed by atoms with Gasteiger partial charge < -0.3 is 14.8 Å². The van der Waals surface area contributed by atoms with E-state index in [1.807, 2.05) is 10.8 Å². The van der Waals surface area contributed by atoms with Crippen molar-refractivity contribution < 1.29 is 24.6 Å². The van der Waals surface area contributed by atoms with E-state index in [1.165, 1.54) is 0 Å². The molecule has 98 valence electrons. The van der Waals surface area contributed by atoms with E-state index in [4.69, 9.17) is 19.8 Å². The molecular weight excluding hydrogens is 240 g/mol. The van der Waals surface area contributed by atoms with Crippen LogP contribution in [0.1, 0.15) is 13.3 Å². The molecule has 1 heterocycles. The number of aryl methyl sites for hydroxylation is 1. The first-order chi connectivity index (χ1) is 8.34. The first kappa shape index (κ1) is 15.6. The molecule has 0 saturated carbocycles. The van der Waals surface area contributed by atoms with E-state index in [0.29, 0.717) is 18.5 Å². The summed E-state index contributed by atoms with van der Waals surface area (Å²) >= 11 is 0. The number of carbonyl (C=O) groups is 3. The number of aromatic nitrogens is 2. The summed E-state index contributed by atoms with van der Waals surface area (Å²) in [5, 5.41) is 14.8. The van der Waals surface area contributed by atoms with E-state index in [0.717, 1.165) is 0 Å². The lowest BCUT2D eigenvalue weighted by Gasteiger charge is -2.00. The zero-order chi connectivity index (χ0) is 14.1. The quantitative estimate of drug-likeness (QED) is 0.600. The molecule has 1 aromatic heterocycles. The molecule has 2 N–H and O–H groups in total. The molecule has 0 aliphatic rings. The van der Waals surface area contributed by atoms with Crippen LogP contribution in [0.3, 0.4) is 0 Å². The number of hydrogen-bond acceptors (Lipinski definition) is 4. The number of rotatable bonds is 4. The minimum atomic E-state index is -1.82. The maximum atomic E-state index is 11.1. The predicted molar refractivity (Wildman–Crippen MR) is 61.9 cm³/mol. The van der Waals surface area contributed by atoms with Gasteiger partial charge in [0, 0.05) is 25.4 Å².